The first kappa shape index (κ1) is 14.8. The Morgan fingerprint density at radius 2 is 2.06 bits per heavy atom. The van der Waals surface area contributed by atoms with Crippen LogP contribution in [0.4, 0.5) is 0 Å². The lowest BCUT2D eigenvalue weighted by Gasteiger charge is -2.31. The normalized spacial score (nSPS) is 22.8. The van der Waals surface area contributed by atoms with Gasteiger partial charge in [0.15, 0.2) is 0 Å². The van der Waals surface area contributed by atoms with Gasteiger partial charge in [-0.05, 0) is 32.6 Å². The second-order valence-electron chi connectivity index (χ2n) is 5.48. The molecule has 0 saturated heterocycles. The monoisotopic (exact) mass is 258 g/mol. The van der Waals surface area contributed by atoms with Crippen LogP contribution in [-0.2, 0) is 4.79 Å². The molecule has 1 fully saturated rings. The van der Waals surface area contributed by atoms with Crippen LogP contribution in [0.3, 0.4) is 0 Å². The van der Waals surface area contributed by atoms with Crippen LogP contribution in [0, 0.1) is 0 Å². The molecule has 0 spiro atoms. The van der Waals surface area contributed by atoms with E-state index < -0.39 is 5.54 Å². The van der Waals surface area contributed by atoms with Crippen molar-refractivity contribution in [2.75, 3.05) is 0 Å². The van der Waals surface area contributed by atoms with Gasteiger partial charge in [-0.1, -0.05) is 20.8 Å². The van der Waals surface area contributed by atoms with Crippen molar-refractivity contribution in [3.63, 3.8) is 0 Å². The Balaban J connectivity index is 2.49. The maximum absolute atomic E-state index is 11.6. The molecule has 0 radical (unpaired) electrons. The zero-order valence-electron chi connectivity index (χ0n) is 11.5. The number of hydrogen-bond donors (Lipinski definition) is 2. The fourth-order valence-corrected chi connectivity index (χ4v) is 3.44. The van der Waals surface area contributed by atoms with Gasteiger partial charge < -0.3 is 11.1 Å². The molecule has 3 atom stereocenters. The molecule has 1 aliphatic rings. The molecule has 1 rings (SSSR count). The van der Waals surface area contributed by atoms with E-state index in [0.29, 0.717) is 16.5 Å². The standard InChI is InChI=1S/C13H26N2OS/c1-5-9(2)17-10(3)8-13(4,12(14)16)15-11-6-7-11/h9-11,15H,5-8H2,1-4H3,(H2,14,16). The SMILES string of the molecule is CCC(C)SC(C)CC(C)(NC1CC1)C(N)=O. The van der Waals surface area contributed by atoms with Gasteiger partial charge in [-0.2, -0.15) is 11.8 Å². The summed E-state index contributed by atoms with van der Waals surface area (Å²) in [5.74, 6) is -0.221. The van der Waals surface area contributed by atoms with Crippen LogP contribution in [0.1, 0.15) is 53.4 Å². The molecule has 0 bridgehead atoms. The molecule has 1 saturated carbocycles. The first-order chi connectivity index (χ1) is 7.87. The van der Waals surface area contributed by atoms with Crippen molar-refractivity contribution >= 4 is 17.7 Å². The van der Waals surface area contributed by atoms with Gasteiger partial charge in [0.1, 0.15) is 0 Å². The molecular formula is C13H26N2OS. The molecule has 0 aromatic heterocycles. The number of rotatable bonds is 8. The summed E-state index contributed by atoms with van der Waals surface area (Å²) in [5, 5.41) is 4.50. The number of primary amides is 1. The molecular weight excluding hydrogens is 232 g/mol. The first-order valence-electron chi connectivity index (χ1n) is 6.60. The van der Waals surface area contributed by atoms with E-state index in [-0.39, 0.29) is 5.91 Å². The Bertz CT molecular complexity index is 268. The number of carbonyl (C=O) groups excluding carboxylic acids is 1. The van der Waals surface area contributed by atoms with Gasteiger partial charge >= 0.3 is 0 Å². The third-order valence-electron chi connectivity index (χ3n) is 3.38. The lowest BCUT2D eigenvalue weighted by atomic mass is 9.95. The fourth-order valence-electron chi connectivity index (χ4n) is 2.02. The van der Waals surface area contributed by atoms with Crippen molar-refractivity contribution in [1.82, 2.24) is 5.32 Å². The Kier molecular flexibility index (Phi) is 5.32. The van der Waals surface area contributed by atoms with Gasteiger partial charge in [0.25, 0.3) is 0 Å². The maximum Gasteiger partial charge on any atom is 0.237 e. The number of carbonyl (C=O) groups is 1. The summed E-state index contributed by atoms with van der Waals surface area (Å²) >= 11 is 1.94. The molecule has 1 aliphatic carbocycles. The Labute approximate surface area is 109 Å². The van der Waals surface area contributed by atoms with Crippen molar-refractivity contribution in [2.24, 2.45) is 5.73 Å². The minimum absolute atomic E-state index is 0.221. The van der Waals surface area contributed by atoms with E-state index in [4.69, 9.17) is 5.73 Å². The zero-order valence-corrected chi connectivity index (χ0v) is 12.3. The minimum Gasteiger partial charge on any atom is -0.368 e. The highest BCUT2D eigenvalue weighted by atomic mass is 32.2. The number of amides is 1. The Hall–Kier alpha value is -0.220. The molecule has 1 amide bonds. The summed E-state index contributed by atoms with van der Waals surface area (Å²) in [5.41, 5.74) is 5.01. The van der Waals surface area contributed by atoms with Crippen LogP contribution in [0.2, 0.25) is 0 Å². The fraction of sp³-hybridized carbons (Fsp3) is 0.923. The topological polar surface area (TPSA) is 55.1 Å². The van der Waals surface area contributed by atoms with Crippen molar-refractivity contribution < 1.29 is 4.79 Å². The molecule has 3 unspecified atom stereocenters. The van der Waals surface area contributed by atoms with Gasteiger partial charge in [0.2, 0.25) is 5.91 Å². The summed E-state index contributed by atoms with van der Waals surface area (Å²) in [6.07, 6.45) is 4.33. The van der Waals surface area contributed by atoms with Crippen molar-refractivity contribution in [3.8, 4) is 0 Å². The molecule has 4 heteroatoms. The predicted octanol–water partition coefficient (Wildman–Crippen LogP) is 2.29. The maximum atomic E-state index is 11.6. The summed E-state index contributed by atoms with van der Waals surface area (Å²) in [7, 11) is 0. The van der Waals surface area contributed by atoms with Crippen LogP contribution < -0.4 is 11.1 Å². The highest BCUT2D eigenvalue weighted by Crippen LogP contribution is 2.29. The van der Waals surface area contributed by atoms with E-state index in [0.717, 1.165) is 6.42 Å². The summed E-state index contributed by atoms with van der Waals surface area (Å²) in [4.78, 5) is 11.6. The van der Waals surface area contributed by atoms with Crippen LogP contribution in [0.15, 0.2) is 0 Å². The van der Waals surface area contributed by atoms with Crippen LogP contribution in [0.5, 0.6) is 0 Å². The molecule has 0 aromatic rings. The average Bonchev–Trinajstić information content (AvgIpc) is 3.00. The molecule has 17 heavy (non-hydrogen) atoms. The van der Waals surface area contributed by atoms with E-state index in [9.17, 15) is 4.79 Å². The van der Waals surface area contributed by atoms with E-state index >= 15 is 0 Å². The third-order valence-corrected chi connectivity index (χ3v) is 4.81. The second-order valence-corrected chi connectivity index (χ2v) is 7.37. The molecule has 3 nitrogen and oxygen atoms in total. The van der Waals surface area contributed by atoms with Gasteiger partial charge in [0, 0.05) is 16.5 Å². The van der Waals surface area contributed by atoms with E-state index in [1.165, 1.54) is 19.3 Å². The summed E-state index contributed by atoms with van der Waals surface area (Å²) < 4.78 is 0. The smallest absolute Gasteiger partial charge is 0.237 e. The van der Waals surface area contributed by atoms with Gasteiger partial charge in [-0.15, -0.1) is 0 Å². The third kappa shape index (κ3) is 4.88. The van der Waals surface area contributed by atoms with Gasteiger partial charge in [0.05, 0.1) is 5.54 Å². The van der Waals surface area contributed by atoms with Crippen molar-refractivity contribution in [3.05, 3.63) is 0 Å². The van der Waals surface area contributed by atoms with E-state index in [1.54, 1.807) is 0 Å². The summed E-state index contributed by atoms with van der Waals surface area (Å²) in [6, 6.07) is 0.508. The van der Waals surface area contributed by atoms with Crippen molar-refractivity contribution in [1.29, 1.82) is 0 Å². The van der Waals surface area contributed by atoms with E-state index in [2.05, 4.69) is 26.1 Å². The summed E-state index contributed by atoms with van der Waals surface area (Å²) in [6.45, 7) is 8.56. The minimum atomic E-state index is -0.541. The number of hydrogen-bond acceptors (Lipinski definition) is 3. The Morgan fingerprint density at radius 3 is 2.47 bits per heavy atom. The lowest BCUT2D eigenvalue weighted by molar-refractivity contribution is -0.124. The van der Waals surface area contributed by atoms with Crippen LogP contribution >= 0.6 is 11.8 Å². The number of thioether (sulfide) groups is 1. The largest absolute Gasteiger partial charge is 0.368 e. The highest BCUT2D eigenvalue weighted by Gasteiger charge is 2.38. The molecule has 0 heterocycles. The number of nitrogens with one attached hydrogen (secondary N) is 1. The van der Waals surface area contributed by atoms with E-state index in [1.807, 2.05) is 18.7 Å². The highest BCUT2D eigenvalue weighted by molar-refractivity contribution is 8.00. The molecule has 0 aromatic carbocycles. The van der Waals surface area contributed by atoms with Gasteiger partial charge in [-0.3, -0.25) is 4.79 Å². The zero-order chi connectivity index (χ0) is 13.1. The Morgan fingerprint density at radius 1 is 1.47 bits per heavy atom. The quantitative estimate of drug-likeness (QED) is 0.702. The molecule has 3 N–H and O–H groups in total. The molecule has 0 aliphatic heterocycles. The lowest BCUT2D eigenvalue weighted by Crippen LogP contribution is -2.55. The number of nitrogens with two attached hydrogens (primary N) is 1. The first-order valence-corrected chi connectivity index (χ1v) is 7.54. The van der Waals surface area contributed by atoms with Crippen LogP contribution in [0.25, 0.3) is 0 Å². The van der Waals surface area contributed by atoms with Crippen LogP contribution in [-0.4, -0.2) is 28.0 Å². The average molecular weight is 258 g/mol. The molecule has 100 valence electrons. The van der Waals surface area contributed by atoms with Crippen molar-refractivity contribution in [2.45, 2.75) is 75.5 Å². The van der Waals surface area contributed by atoms with Gasteiger partial charge in [-0.25, -0.2) is 0 Å². The predicted molar refractivity (Wildman–Crippen MR) is 75.2 cm³/mol. The second kappa shape index (κ2) is 6.10.